The Morgan fingerprint density at radius 2 is 2.12 bits per heavy atom. The average Bonchev–Trinajstić information content (AvgIpc) is 3.23. The summed E-state index contributed by atoms with van der Waals surface area (Å²) in [6.07, 6.45) is 9.89. The first-order valence-corrected chi connectivity index (χ1v) is 9.30. The van der Waals surface area contributed by atoms with Gasteiger partial charge < -0.3 is 16.0 Å². The van der Waals surface area contributed by atoms with E-state index in [0.717, 1.165) is 25.8 Å². The van der Waals surface area contributed by atoms with Crippen molar-refractivity contribution in [2.75, 3.05) is 19.6 Å². The van der Waals surface area contributed by atoms with Gasteiger partial charge in [-0.3, -0.25) is 14.3 Å². The highest BCUT2D eigenvalue weighted by Crippen LogP contribution is 2.29. The van der Waals surface area contributed by atoms with Gasteiger partial charge in [-0.1, -0.05) is 26.2 Å². The van der Waals surface area contributed by atoms with Crippen molar-refractivity contribution in [3.05, 3.63) is 18.0 Å². The van der Waals surface area contributed by atoms with Gasteiger partial charge >= 0.3 is 0 Å². The molecule has 25 heavy (non-hydrogen) atoms. The van der Waals surface area contributed by atoms with Crippen LogP contribution in [0.5, 0.6) is 0 Å². The van der Waals surface area contributed by atoms with Crippen molar-refractivity contribution in [1.82, 2.24) is 20.0 Å². The number of carbonyl (C=O) groups is 2. The number of hydrogen-bond donors (Lipinski definition) is 2. The Morgan fingerprint density at radius 1 is 1.36 bits per heavy atom. The zero-order chi connectivity index (χ0) is 17.9. The molecular weight excluding hydrogens is 318 g/mol. The van der Waals surface area contributed by atoms with Gasteiger partial charge in [0.25, 0.3) is 5.91 Å². The molecule has 0 aromatic carbocycles. The zero-order valence-electron chi connectivity index (χ0n) is 15.0. The number of likely N-dealkylation sites (tertiary alicyclic amines) is 1. The molecule has 1 saturated heterocycles. The molecule has 1 aliphatic heterocycles. The predicted molar refractivity (Wildman–Crippen MR) is 94.9 cm³/mol. The molecule has 3 rings (SSSR count). The fraction of sp³-hybridized carbons (Fsp3) is 0.722. The Hall–Kier alpha value is -1.89. The number of nitrogens with one attached hydrogen (secondary N) is 1. The normalized spacial score (nSPS) is 24.5. The smallest absolute Gasteiger partial charge is 0.257 e. The molecule has 1 aromatic heterocycles. The van der Waals surface area contributed by atoms with Gasteiger partial charge in [0, 0.05) is 25.3 Å². The zero-order valence-corrected chi connectivity index (χ0v) is 15.0. The van der Waals surface area contributed by atoms with E-state index in [1.807, 2.05) is 4.90 Å². The maximum atomic E-state index is 12.6. The molecule has 0 bridgehead atoms. The number of aromatic nitrogens is 2. The first kappa shape index (κ1) is 17.9. The van der Waals surface area contributed by atoms with Crippen LogP contribution in [-0.4, -0.2) is 52.2 Å². The second kappa shape index (κ2) is 7.56. The van der Waals surface area contributed by atoms with E-state index in [0.29, 0.717) is 18.7 Å². The highest BCUT2D eigenvalue weighted by atomic mass is 16.2. The van der Waals surface area contributed by atoms with Gasteiger partial charge in [-0.05, 0) is 31.2 Å². The van der Waals surface area contributed by atoms with E-state index < -0.39 is 0 Å². The van der Waals surface area contributed by atoms with Crippen LogP contribution in [0.15, 0.2) is 12.4 Å². The summed E-state index contributed by atoms with van der Waals surface area (Å²) < 4.78 is 1.55. The van der Waals surface area contributed by atoms with Crippen molar-refractivity contribution >= 4 is 11.8 Å². The first-order valence-electron chi connectivity index (χ1n) is 9.30. The number of amides is 2. The SMILES string of the molecule is CC1(CN)CCN(C(=O)c2cnn(CC(=O)NC3CCCCC3)c2)C1. The Bertz CT molecular complexity index is 623. The van der Waals surface area contributed by atoms with Gasteiger partial charge in [0.05, 0.1) is 11.8 Å². The Balaban J connectivity index is 1.53. The van der Waals surface area contributed by atoms with Crippen LogP contribution in [-0.2, 0) is 11.3 Å². The van der Waals surface area contributed by atoms with Crippen molar-refractivity contribution < 1.29 is 9.59 Å². The predicted octanol–water partition coefficient (Wildman–Crippen LogP) is 1.14. The lowest BCUT2D eigenvalue weighted by Gasteiger charge is -2.22. The molecule has 1 unspecified atom stereocenters. The number of nitrogens with zero attached hydrogens (tertiary/aromatic N) is 3. The van der Waals surface area contributed by atoms with Crippen LogP contribution in [0.1, 0.15) is 55.8 Å². The van der Waals surface area contributed by atoms with E-state index in [9.17, 15) is 9.59 Å². The molecule has 2 heterocycles. The molecule has 1 atom stereocenters. The Kier molecular flexibility index (Phi) is 5.42. The highest BCUT2D eigenvalue weighted by Gasteiger charge is 2.35. The molecule has 1 aromatic rings. The summed E-state index contributed by atoms with van der Waals surface area (Å²) in [5.41, 5.74) is 6.35. The minimum atomic E-state index is -0.0362. The Labute approximate surface area is 148 Å². The number of hydrogen-bond acceptors (Lipinski definition) is 4. The maximum absolute atomic E-state index is 12.6. The van der Waals surface area contributed by atoms with E-state index in [1.54, 1.807) is 17.1 Å². The molecule has 1 saturated carbocycles. The van der Waals surface area contributed by atoms with Crippen LogP contribution in [0.25, 0.3) is 0 Å². The standard InChI is InChI=1S/C18H29N5O2/c1-18(12-19)7-8-22(13-18)17(25)14-9-20-23(10-14)11-16(24)21-15-5-3-2-4-6-15/h9-10,15H,2-8,11-13,19H2,1H3,(H,21,24). The van der Waals surface area contributed by atoms with Gasteiger partial charge in [-0.25, -0.2) is 0 Å². The minimum absolute atomic E-state index is 0.00549. The molecule has 7 heteroatoms. The van der Waals surface area contributed by atoms with Crippen LogP contribution < -0.4 is 11.1 Å². The molecule has 0 spiro atoms. The van der Waals surface area contributed by atoms with Crippen LogP contribution in [0.2, 0.25) is 0 Å². The van der Waals surface area contributed by atoms with Crippen LogP contribution in [0, 0.1) is 5.41 Å². The van der Waals surface area contributed by atoms with Crippen molar-refractivity contribution in [2.45, 2.75) is 58.0 Å². The van der Waals surface area contributed by atoms with Crippen molar-refractivity contribution in [1.29, 1.82) is 0 Å². The Morgan fingerprint density at radius 3 is 2.80 bits per heavy atom. The third-order valence-corrected chi connectivity index (χ3v) is 5.49. The van der Waals surface area contributed by atoms with E-state index >= 15 is 0 Å². The molecule has 2 aliphatic rings. The fourth-order valence-corrected chi connectivity index (χ4v) is 3.77. The largest absolute Gasteiger partial charge is 0.352 e. The lowest BCUT2D eigenvalue weighted by molar-refractivity contribution is -0.122. The van der Waals surface area contributed by atoms with Gasteiger partial charge in [0.15, 0.2) is 0 Å². The summed E-state index contributed by atoms with van der Waals surface area (Å²) in [6, 6.07) is 0.288. The fourth-order valence-electron chi connectivity index (χ4n) is 3.77. The first-order chi connectivity index (χ1) is 12.0. The van der Waals surface area contributed by atoms with E-state index in [4.69, 9.17) is 5.73 Å². The summed E-state index contributed by atoms with van der Waals surface area (Å²) in [7, 11) is 0. The van der Waals surface area contributed by atoms with Crippen molar-refractivity contribution in [2.24, 2.45) is 11.1 Å². The van der Waals surface area contributed by atoms with Gasteiger partial charge in [-0.2, -0.15) is 5.10 Å². The monoisotopic (exact) mass is 347 g/mol. The molecule has 1 aliphatic carbocycles. The lowest BCUT2D eigenvalue weighted by atomic mass is 9.90. The summed E-state index contributed by atoms with van der Waals surface area (Å²) in [6.45, 7) is 4.25. The second-order valence-corrected chi connectivity index (χ2v) is 7.82. The average molecular weight is 347 g/mol. The van der Waals surface area contributed by atoms with E-state index in [1.165, 1.54) is 19.3 Å². The summed E-state index contributed by atoms with van der Waals surface area (Å²) in [5.74, 6) is -0.0676. The van der Waals surface area contributed by atoms with Gasteiger partial charge in [0.2, 0.25) is 5.91 Å². The number of nitrogens with two attached hydrogens (primary N) is 1. The molecular formula is C18H29N5O2. The van der Waals surface area contributed by atoms with E-state index in [2.05, 4.69) is 17.3 Å². The van der Waals surface area contributed by atoms with Crippen LogP contribution >= 0.6 is 0 Å². The summed E-state index contributed by atoms with van der Waals surface area (Å²) in [5, 5.41) is 7.25. The quantitative estimate of drug-likeness (QED) is 0.835. The van der Waals surface area contributed by atoms with Crippen LogP contribution in [0.4, 0.5) is 0 Å². The third-order valence-electron chi connectivity index (χ3n) is 5.49. The highest BCUT2D eigenvalue weighted by molar-refractivity contribution is 5.94. The topological polar surface area (TPSA) is 93.2 Å². The third kappa shape index (κ3) is 4.39. The van der Waals surface area contributed by atoms with Gasteiger partial charge in [0.1, 0.15) is 6.54 Å². The maximum Gasteiger partial charge on any atom is 0.257 e. The molecule has 2 fully saturated rings. The number of rotatable bonds is 5. The van der Waals surface area contributed by atoms with Crippen molar-refractivity contribution in [3.8, 4) is 0 Å². The molecule has 0 radical (unpaired) electrons. The molecule has 2 amide bonds. The molecule has 7 nitrogen and oxygen atoms in total. The van der Waals surface area contributed by atoms with Crippen LogP contribution in [0.3, 0.4) is 0 Å². The molecule has 3 N–H and O–H groups in total. The minimum Gasteiger partial charge on any atom is -0.352 e. The second-order valence-electron chi connectivity index (χ2n) is 7.82. The van der Waals surface area contributed by atoms with E-state index in [-0.39, 0.29) is 29.8 Å². The summed E-state index contributed by atoms with van der Waals surface area (Å²) >= 11 is 0. The molecule has 138 valence electrons. The lowest BCUT2D eigenvalue weighted by Crippen LogP contribution is -2.38. The van der Waals surface area contributed by atoms with Gasteiger partial charge in [-0.15, -0.1) is 0 Å². The van der Waals surface area contributed by atoms with Crippen molar-refractivity contribution in [3.63, 3.8) is 0 Å². The number of carbonyl (C=O) groups excluding carboxylic acids is 2. The summed E-state index contributed by atoms with van der Waals surface area (Å²) in [4.78, 5) is 26.6.